The van der Waals surface area contributed by atoms with E-state index in [1.807, 2.05) is 0 Å². The van der Waals surface area contributed by atoms with Crippen molar-refractivity contribution in [3.8, 4) is 0 Å². The van der Waals surface area contributed by atoms with Crippen molar-refractivity contribution in [3.63, 3.8) is 0 Å². The molecule has 0 amide bonds. The summed E-state index contributed by atoms with van der Waals surface area (Å²) in [6.45, 7) is 3.54. The van der Waals surface area contributed by atoms with E-state index in [0.29, 0.717) is 15.8 Å². The minimum absolute atomic E-state index is 0.454. The van der Waals surface area contributed by atoms with Gasteiger partial charge >= 0.3 is 146 Å². The van der Waals surface area contributed by atoms with E-state index in [1.54, 1.807) is 5.56 Å². The van der Waals surface area contributed by atoms with Gasteiger partial charge < -0.3 is 0 Å². The van der Waals surface area contributed by atoms with E-state index < -0.39 is 14.7 Å². The summed E-state index contributed by atoms with van der Waals surface area (Å²) in [4.78, 5) is 2.63. The molecule has 3 heteroatoms. The van der Waals surface area contributed by atoms with Crippen molar-refractivity contribution in [3.05, 3.63) is 35.9 Å². The molecule has 126 valence electrons. The Balaban J connectivity index is 1.49. The normalized spacial score (nSPS) is 38.1. The van der Waals surface area contributed by atoms with Crippen LogP contribution in [-0.2, 0) is 8.94 Å². The van der Waals surface area contributed by atoms with Gasteiger partial charge in [-0.3, -0.25) is 0 Å². The first-order valence-electron chi connectivity index (χ1n) is 9.22. The molecule has 3 fully saturated rings. The molecular formula is C20H30AsNO. The monoisotopic (exact) mass is 375 g/mol. The molecule has 0 radical (unpaired) electrons. The summed E-state index contributed by atoms with van der Waals surface area (Å²) in [6, 6.07) is 11.4. The van der Waals surface area contributed by atoms with Crippen LogP contribution >= 0.6 is 0 Å². The number of benzene rings is 1. The van der Waals surface area contributed by atoms with Gasteiger partial charge in [0.15, 0.2) is 0 Å². The first kappa shape index (κ1) is 16.2. The van der Waals surface area contributed by atoms with E-state index >= 15 is 0 Å². The van der Waals surface area contributed by atoms with E-state index in [4.69, 9.17) is 4.74 Å². The van der Waals surface area contributed by atoms with Gasteiger partial charge in [-0.15, -0.1) is 0 Å². The van der Waals surface area contributed by atoms with Crippen molar-refractivity contribution in [1.82, 2.24) is 4.90 Å². The zero-order valence-corrected chi connectivity index (χ0v) is 16.5. The molecule has 1 unspecified atom stereocenters. The van der Waals surface area contributed by atoms with E-state index in [-0.39, 0.29) is 0 Å². The standard InChI is InChI=1S/C20H30AsNO/c1-21(2)20(17-6-4-3-5-7-17)11-9-19(10-12-20)13-14-22(16-19)18-8-15-23-18/h3-7,18H,8-16H2,1-2H3. The summed E-state index contributed by atoms with van der Waals surface area (Å²) >= 11 is -0.816. The molecular weight excluding hydrogens is 345 g/mol. The molecule has 3 aliphatic rings. The van der Waals surface area contributed by atoms with Crippen LogP contribution in [0.2, 0.25) is 11.4 Å². The third kappa shape index (κ3) is 2.81. The van der Waals surface area contributed by atoms with Gasteiger partial charge in [0.05, 0.1) is 0 Å². The fourth-order valence-corrected chi connectivity index (χ4v) is 8.81. The molecule has 0 aromatic heterocycles. The second-order valence-corrected chi connectivity index (χ2v) is 13.7. The maximum absolute atomic E-state index is 5.73. The van der Waals surface area contributed by atoms with E-state index in [0.717, 1.165) is 6.61 Å². The molecule has 1 atom stereocenters. The molecule has 1 saturated carbocycles. The summed E-state index contributed by atoms with van der Waals surface area (Å²) in [7, 11) is 0. The minimum atomic E-state index is -0.816. The van der Waals surface area contributed by atoms with Crippen LogP contribution in [0.3, 0.4) is 0 Å². The number of ether oxygens (including phenoxy) is 1. The Bertz CT molecular complexity index is 532. The molecule has 1 aromatic carbocycles. The molecule has 1 aliphatic carbocycles. The Morgan fingerprint density at radius 1 is 1.04 bits per heavy atom. The predicted molar refractivity (Wildman–Crippen MR) is 97.1 cm³/mol. The summed E-state index contributed by atoms with van der Waals surface area (Å²) in [5.41, 5.74) is 7.38. The van der Waals surface area contributed by atoms with Gasteiger partial charge in [0.2, 0.25) is 0 Å². The fraction of sp³-hybridized carbons (Fsp3) is 0.700. The quantitative estimate of drug-likeness (QED) is 0.733. The second kappa shape index (κ2) is 6.21. The maximum atomic E-state index is 5.73. The third-order valence-corrected chi connectivity index (χ3v) is 11.9. The Morgan fingerprint density at radius 2 is 1.74 bits per heavy atom. The van der Waals surface area contributed by atoms with Crippen molar-refractivity contribution in [2.24, 2.45) is 5.41 Å². The van der Waals surface area contributed by atoms with Crippen molar-refractivity contribution in [2.45, 2.75) is 60.4 Å². The van der Waals surface area contributed by atoms with E-state index in [1.165, 1.54) is 51.6 Å². The number of hydrogen-bond acceptors (Lipinski definition) is 2. The third-order valence-electron chi connectivity index (χ3n) is 6.86. The Kier molecular flexibility index (Phi) is 4.37. The molecule has 1 aromatic rings. The van der Waals surface area contributed by atoms with Gasteiger partial charge in [0.25, 0.3) is 0 Å². The van der Waals surface area contributed by atoms with Crippen molar-refractivity contribution < 1.29 is 4.74 Å². The summed E-state index contributed by atoms with van der Waals surface area (Å²) in [5, 5.41) is 0. The van der Waals surface area contributed by atoms with E-state index in [9.17, 15) is 0 Å². The second-order valence-electron chi connectivity index (χ2n) is 8.13. The topological polar surface area (TPSA) is 12.5 Å². The predicted octanol–water partition coefficient (Wildman–Crippen LogP) is 4.23. The number of likely N-dealkylation sites (tertiary alicyclic amines) is 1. The zero-order valence-electron chi connectivity index (χ0n) is 14.6. The SMILES string of the molecule is C[As](C)C1(c2ccccc2)CCC2(CCN(C3CCO3)C2)CC1. The number of nitrogens with zero attached hydrogens (tertiary/aromatic N) is 1. The van der Waals surface area contributed by atoms with Gasteiger partial charge in [-0.25, -0.2) is 0 Å². The molecule has 23 heavy (non-hydrogen) atoms. The Labute approximate surface area is 145 Å². The molecule has 2 saturated heterocycles. The van der Waals surface area contributed by atoms with Crippen LogP contribution in [-0.4, -0.2) is 45.5 Å². The van der Waals surface area contributed by atoms with Gasteiger partial charge in [0.1, 0.15) is 0 Å². The molecule has 2 nitrogen and oxygen atoms in total. The molecule has 1 spiro atoms. The van der Waals surface area contributed by atoms with E-state index in [2.05, 4.69) is 46.7 Å². The first-order chi connectivity index (χ1) is 11.1. The van der Waals surface area contributed by atoms with Crippen LogP contribution in [0.1, 0.15) is 44.1 Å². The van der Waals surface area contributed by atoms with Gasteiger partial charge in [0, 0.05) is 0 Å². The van der Waals surface area contributed by atoms with Crippen molar-refractivity contribution >= 4 is 14.7 Å². The number of hydrogen-bond donors (Lipinski definition) is 0. The van der Waals surface area contributed by atoms with Crippen LogP contribution in [0.25, 0.3) is 0 Å². The Hall–Kier alpha value is -0.302. The van der Waals surface area contributed by atoms with Crippen LogP contribution in [0, 0.1) is 5.41 Å². The van der Waals surface area contributed by atoms with Crippen LogP contribution in [0.4, 0.5) is 0 Å². The first-order valence-corrected chi connectivity index (χ1v) is 13.9. The van der Waals surface area contributed by atoms with Gasteiger partial charge in [-0.05, 0) is 0 Å². The molecule has 4 rings (SSSR count). The number of rotatable bonds is 3. The summed E-state index contributed by atoms with van der Waals surface area (Å²) < 4.78 is 6.27. The average molecular weight is 375 g/mol. The van der Waals surface area contributed by atoms with Crippen molar-refractivity contribution in [2.75, 3.05) is 19.7 Å². The zero-order chi connectivity index (χ0) is 15.9. The average Bonchev–Trinajstić information content (AvgIpc) is 2.91. The summed E-state index contributed by atoms with van der Waals surface area (Å²) in [6.07, 6.45) is 8.81. The fourth-order valence-electron chi connectivity index (χ4n) is 5.07. The van der Waals surface area contributed by atoms with Crippen LogP contribution in [0.5, 0.6) is 0 Å². The van der Waals surface area contributed by atoms with Crippen LogP contribution in [0.15, 0.2) is 30.3 Å². The van der Waals surface area contributed by atoms with Gasteiger partial charge in [-0.1, -0.05) is 0 Å². The van der Waals surface area contributed by atoms with Crippen molar-refractivity contribution in [1.29, 1.82) is 0 Å². The molecule has 0 bridgehead atoms. The summed E-state index contributed by atoms with van der Waals surface area (Å²) in [5.74, 6) is 0. The van der Waals surface area contributed by atoms with Crippen LogP contribution < -0.4 is 0 Å². The molecule has 0 N–H and O–H groups in total. The Morgan fingerprint density at radius 3 is 2.30 bits per heavy atom. The molecule has 2 aliphatic heterocycles. The van der Waals surface area contributed by atoms with Gasteiger partial charge in [-0.2, -0.15) is 0 Å². The molecule has 2 heterocycles.